The van der Waals surface area contributed by atoms with Crippen LogP contribution >= 0.6 is 11.6 Å². The summed E-state index contributed by atoms with van der Waals surface area (Å²) in [5, 5.41) is 0.667. The van der Waals surface area contributed by atoms with Crippen LogP contribution in [0.25, 0.3) is 0 Å². The van der Waals surface area contributed by atoms with Crippen LogP contribution in [0.5, 0.6) is 0 Å². The maximum absolute atomic E-state index is 13.5. The predicted molar refractivity (Wildman–Crippen MR) is 109 cm³/mol. The molecule has 152 valence electrons. The van der Waals surface area contributed by atoms with E-state index in [1.807, 2.05) is 41.3 Å². The summed E-state index contributed by atoms with van der Waals surface area (Å²) in [5.74, 6) is -0.365. The Bertz CT molecular complexity index is 856. The lowest BCUT2D eigenvalue weighted by molar-refractivity contribution is -0.155. The van der Waals surface area contributed by atoms with Crippen molar-refractivity contribution in [1.82, 2.24) is 9.80 Å². The molecular formula is C23H25ClN2O3. The van der Waals surface area contributed by atoms with E-state index in [1.165, 1.54) is 4.90 Å². The number of halogens is 1. The van der Waals surface area contributed by atoms with E-state index in [0.717, 1.165) is 31.2 Å². The minimum atomic E-state index is -0.494. The van der Waals surface area contributed by atoms with Crippen molar-refractivity contribution in [2.75, 3.05) is 13.1 Å². The molecule has 2 aliphatic heterocycles. The van der Waals surface area contributed by atoms with Crippen molar-refractivity contribution in [2.24, 2.45) is 11.8 Å². The third-order valence-corrected chi connectivity index (χ3v) is 7.57. The van der Waals surface area contributed by atoms with Crippen LogP contribution in [0, 0.1) is 11.8 Å². The van der Waals surface area contributed by atoms with E-state index in [4.69, 9.17) is 11.6 Å². The number of fused-ring (bicyclic) bond motifs is 1. The molecule has 6 heteroatoms. The van der Waals surface area contributed by atoms with Crippen LogP contribution in [0.2, 0.25) is 5.02 Å². The van der Waals surface area contributed by atoms with Crippen LogP contribution in [0.3, 0.4) is 0 Å². The van der Waals surface area contributed by atoms with Gasteiger partial charge in [-0.2, -0.15) is 0 Å². The minimum Gasteiger partial charge on any atom is -0.338 e. The number of hydrogen-bond acceptors (Lipinski definition) is 3. The van der Waals surface area contributed by atoms with Gasteiger partial charge in [-0.1, -0.05) is 48.7 Å². The highest BCUT2D eigenvalue weighted by molar-refractivity contribution is 6.30. The van der Waals surface area contributed by atoms with Crippen molar-refractivity contribution < 1.29 is 14.4 Å². The zero-order valence-electron chi connectivity index (χ0n) is 16.4. The van der Waals surface area contributed by atoms with Gasteiger partial charge in [-0.25, -0.2) is 0 Å². The standard InChI is InChI=1S/C23H25ClN2O3/c24-16-9-7-15(8-10-16)23(11-3-4-12-23)22(29)25-13-17(14-25)26-20(27)18-5-1-2-6-19(18)21(26)28/h1-2,7-10,17-19H,3-6,11-14H2. The summed E-state index contributed by atoms with van der Waals surface area (Å²) in [4.78, 5) is 42.4. The monoisotopic (exact) mass is 412 g/mol. The highest BCUT2D eigenvalue weighted by atomic mass is 35.5. The van der Waals surface area contributed by atoms with Crippen LogP contribution in [0.4, 0.5) is 0 Å². The highest BCUT2D eigenvalue weighted by Crippen LogP contribution is 2.44. The van der Waals surface area contributed by atoms with E-state index in [9.17, 15) is 14.4 Å². The van der Waals surface area contributed by atoms with E-state index in [0.29, 0.717) is 31.0 Å². The smallest absolute Gasteiger partial charge is 0.233 e. The number of carbonyl (C=O) groups excluding carboxylic acids is 3. The Labute approximate surface area is 175 Å². The molecule has 2 unspecified atom stereocenters. The van der Waals surface area contributed by atoms with E-state index < -0.39 is 5.41 Å². The average molecular weight is 413 g/mol. The Morgan fingerprint density at radius 3 is 2.03 bits per heavy atom. The quantitative estimate of drug-likeness (QED) is 0.565. The van der Waals surface area contributed by atoms with Gasteiger partial charge in [-0.05, 0) is 43.4 Å². The Morgan fingerprint density at radius 1 is 0.931 bits per heavy atom. The molecule has 2 heterocycles. The molecule has 2 saturated heterocycles. The van der Waals surface area contributed by atoms with E-state index in [-0.39, 0.29) is 35.6 Å². The average Bonchev–Trinajstić information content (AvgIpc) is 3.28. The number of benzene rings is 1. The first kappa shape index (κ1) is 18.9. The van der Waals surface area contributed by atoms with Gasteiger partial charge in [0, 0.05) is 18.1 Å². The fourth-order valence-electron chi connectivity index (χ4n) is 5.65. The number of likely N-dealkylation sites (tertiary alicyclic amines) is 2. The molecule has 1 aromatic carbocycles. The molecule has 0 spiro atoms. The van der Waals surface area contributed by atoms with Crippen LogP contribution in [0.15, 0.2) is 36.4 Å². The number of rotatable bonds is 3. The van der Waals surface area contributed by atoms with Gasteiger partial charge in [-0.15, -0.1) is 0 Å². The van der Waals surface area contributed by atoms with Crippen molar-refractivity contribution in [1.29, 1.82) is 0 Å². The molecule has 2 aliphatic carbocycles. The molecule has 2 atom stereocenters. The molecule has 0 aromatic heterocycles. The van der Waals surface area contributed by atoms with Crippen LogP contribution in [0.1, 0.15) is 44.1 Å². The number of hydrogen-bond donors (Lipinski definition) is 0. The fourth-order valence-corrected chi connectivity index (χ4v) is 5.77. The number of imide groups is 1. The number of carbonyl (C=O) groups is 3. The summed E-state index contributed by atoms with van der Waals surface area (Å²) in [7, 11) is 0. The number of amides is 3. The summed E-state index contributed by atoms with van der Waals surface area (Å²) < 4.78 is 0. The molecule has 5 rings (SSSR count). The molecule has 3 amide bonds. The van der Waals surface area contributed by atoms with Gasteiger partial charge in [0.1, 0.15) is 0 Å². The van der Waals surface area contributed by atoms with E-state index >= 15 is 0 Å². The third kappa shape index (κ3) is 2.85. The first-order valence-corrected chi connectivity index (χ1v) is 11.0. The SMILES string of the molecule is O=C1C2CC=CCC2C(=O)N1C1CN(C(=O)C2(c3ccc(Cl)cc3)CCCC2)C1. The largest absolute Gasteiger partial charge is 0.338 e. The molecule has 0 N–H and O–H groups in total. The Kier molecular flexibility index (Phi) is 4.54. The zero-order chi connectivity index (χ0) is 20.2. The fraction of sp³-hybridized carbons (Fsp3) is 0.522. The van der Waals surface area contributed by atoms with Gasteiger partial charge in [0.05, 0.1) is 23.3 Å². The summed E-state index contributed by atoms with van der Waals surface area (Å²) in [6.45, 7) is 0.914. The minimum absolute atomic E-state index is 0.0465. The lowest BCUT2D eigenvalue weighted by Crippen LogP contribution is -2.65. The van der Waals surface area contributed by atoms with Crippen molar-refractivity contribution in [3.63, 3.8) is 0 Å². The number of nitrogens with zero attached hydrogens (tertiary/aromatic N) is 2. The van der Waals surface area contributed by atoms with Crippen molar-refractivity contribution >= 4 is 29.3 Å². The van der Waals surface area contributed by atoms with E-state index in [2.05, 4.69) is 0 Å². The molecule has 4 aliphatic rings. The zero-order valence-corrected chi connectivity index (χ0v) is 17.1. The Morgan fingerprint density at radius 2 is 1.48 bits per heavy atom. The highest BCUT2D eigenvalue weighted by Gasteiger charge is 2.54. The van der Waals surface area contributed by atoms with Crippen molar-refractivity contribution in [2.45, 2.75) is 50.0 Å². The van der Waals surface area contributed by atoms with Crippen LogP contribution in [-0.4, -0.2) is 46.7 Å². The van der Waals surface area contributed by atoms with Crippen molar-refractivity contribution in [3.05, 3.63) is 47.0 Å². The first-order chi connectivity index (χ1) is 14.0. The van der Waals surface area contributed by atoms with Gasteiger partial charge in [0.25, 0.3) is 0 Å². The van der Waals surface area contributed by atoms with Gasteiger partial charge < -0.3 is 4.90 Å². The molecule has 0 bridgehead atoms. The second-order valence-corrected chi connectivity index (χ2v) is 9.30. The molecular weight excluding hydrogens is 388 g/mol. The Hall–Kier alpha value is -2.14. The van der Waals surface area contributed by atoms with Gasteiger partial charge in [0.2, 0.25) is 17.7 Å². The predicted octanol–water partition coefficient (Wildman–Crippen LogP) is 3.31. The maximum atomic E-state index is 13.5. The summed E-state index contributed by atoms with van der Waals surface area (Å²) >= 11 is 6.05. The molecule has 0 radical (unpaired) electrons. The third-order valence-electron chi connectivity index (χ3n) is 7.32. The maximum Gasteiger partial charge on any atom is 0.233 e. The second kappa shape index (κ2) is 6.98. The first-order valence-electron chi connectivity index (χ1n) is 10.6. The molecule has 5 nitrogen and oxygen atoms in total. The Balaban J connectivity index is 1.31. The number of allylic oxidation sites excluding steroid dienone is 2. The molecule has 1 saturated carbocycles. The summed E-state index contributed by atoms with van der Waals surface area (Å²) in [6, 6.07) is 7.46. The lowest BCUT2D eigenvalue weighted by atomic mass is 9.76. The lowest BCUT2D eigenvalue weighted by Gasteiger charge is -2.46. The molecule has 3 fully saturated rings. The topological polar surface area (TPSA) is 57.7 Å². The van der Waals surface area contributed by atoms with E-state index in [1.54, 1.807) is 0 Å². The van der Waals surface area contributed by atoms with Gasteiger partial charge >= 0.3 is 0 Å². The second-order valence-electron chi connectivity index (χ2n) is 8.86. The summed E-state index contributed by atoms with van der Waals surface area (Å²) in [5.41, 5.74) is 0.533. The van der Waals surface area contributed by atoms with Crippen LogP contribution < -0.4 is 0 Å². The normalized spacial score (nSPS) is 28.6. The van der Waals surface area contributed by atoms with Gasteiger partial charge in [0.15, 0.2) is 0 Å². The van der Waals surface area contributed by atoms with Crippen LogP contribution in [-0.2, 0) is 19.8 Å². The van der Waals surface area contributed by atoms with Crippen molar-refractivity contribution in [3.8, 4) is 0 Å². The molecule has 29 heavy (non-hydrogen) atoms. The molecule has 1 aromatic rings. The summed E-state index contributed by atoms with van der Waals surface area (Å²) in [6.07, 6.45) is 9.06. The van der Waals surface area contributed by atoms with Gasteiger partial charge in [-0.3, -0.25) is 19.3 Å².